The zero-order valence-corrected chi connectivity index (χ0v) is 17.3. The van der Waals surface area contributed by atoms with Gasteiger partial charge in [0.25, 0.3) is 0 Å². The molecule has 29 heavy (non-hydrogen) atoms. The van der Waals surface area contributed by atoms with E-state index in [2.05, 4.69) is 48.3 Å². The fraction of sp³-hybridized carbons (Fsp3) is 0.375. The number of nitrogens with zero attached hydrogens (tertiary/aromatic N) is 2. The Morgan fingerprint density at radius 3 is 2.66 bits per heavy atom. The Kier molecular flexibility index (Phi) is 5.69. The number of benzene rings is 2. The molecule has 2 atom stereocenters. The maximum atomic E-state index is 6.26. The number of methoxy groups -OCH3 is 1. The second kappa shape index (κ2) is 8.39. The molecule has 5 heteroatoms. The lowest BCUT2D eigenvalue weighted by Gasteiger charge is -2.29. The van der Waals surface area contributed by atoms with Gasteiger partial charge >= 0.3 is 0 Å². The van der Waals surface area contributed by atoms with Gasteiger partial charge in [-0.05, 0) is 42.2 Å². The van der Waals surface area contributed by atoms with Crippen molar-refractivity contribution in [2.45, 2.75) is 45.1 Å². The van der Waals surface area contributed by atoms with E-state index in [0.29, 0.717) is 13.2 Å². The summed E-state index contributed by atoms with van der Waals surface area (Å²) in [5.41, 5.74) is 4.74. The Balaban J connectivity index is 1.66. The van der Waals surface area contributed by atoms with Gasteiger partial charge in [-0.3, -0.25) is 0 Å². The van der Waals surface area contributed by atoms with Crippen molar-refractivity contribution in [1.82, 2.24) is 9.55 Å². The first-order chi connectivity index (χ1) is 14.1. The molecule has 0 saturated carbocycles. The predicted octanol–water partition coefficient (Wildman–Crippen LogP) is 4.80. The number of hydrogen-bond donors (Lipinski definition) is 0. The van der Waals surface area contributed by atoms with Crippen molar-refractivity contribution in [3.8, 4) is 16.9 Å². The third-order valence-electron chi connectivity index (χ3n) is 5.36. The first-order valence-electron chi connectivity index (χ1n) is 10.2. The second-order valence-corrected chi connectivity index (χ2v) is 7.58. The molecule has 1 aliphatic heterocycles. The molecule has 4 rings (SSSR count). The lowest BCUT2D eigenvalue weighted by Crippen LogP contribution is -2.33. The van der Waals surface area contributed by atoms with E-state index in [0.717, 1.165) is 24.2 Å². The highest BCUT2D eigenvalue weighted by Crippen LogP contribution is 2.37. The van der Waals surface area contributed by atoms with Crippen LogP contribution in [0.15, 0.2) is 61.2 Å². The predicted molar refractivity (Wildman–Crippen MR) is 113 cm³/mol. The molecule has 1 aromatic heterocycles. The second-order valence-electron chi connectivity index (χ2n) is 7.58. The lowest BCUT2D eigenvalue weighted by molar-refractivity contribution is -0.185. The van der Waals surface area contributed by atoms with Crippen LogP contribution in [-0.2, 0) is 28.2 Å². The van der Waals surface area contributed by atoms with Crippen LogP contribution in [0, 0.1) is 0 Å². The van der Waals surface area contributed by atoms with Crippen LogP contribution >= 0.6 is 0 Å². The molecular weight excluding hydrogens is 364 g/mol. The smallest absolute Gasteiger partial charge is 0.213 e. The summed E-state index contributed by atoms with van der Waals surface area (Å²) in [6.07, 6.45) is 7.65. The van der Waals surface area contributed by atoms with Gasteiger partial charge in [0, 0.05) is 18.0 Å². The number of aromatic nitrogens is 2. The minimum absolute atomic E-state index is 0.0518. The van der Waals surface area contributed by atoms with Crippen LogP contribution in [0.4, 0.5) is 0 Å². The first kappa shape index (κ1) is 19.7. The SMILES string of the molecule is CCCc1cc(OC)ccc1-c1ccc(C2(Cn3ccnc3)OCC(C)O2)cc1. The molecule has 1 fully saturated rings. The molecule has 1 aliphatic rings. The molecule has 152 valence electrons. The van der Waals surface area contributed by atoms with Gasteiger partial charge in [-0.2, -0.15) is 0 Å². The van der Waals surface area contributed by atoms with E-state index in [4.69, 9.17) is 14.2 Å². The highest BCUT2D eigenvalue weighted by Gasteiger charge is 2.42. The van der Waals surface area contributed by atoms with Crippen LogP contribution < -0.4 is 4.74 Å². The number of ether oxygens (including phenoxy) is 3. The highest BCUT2D eigenvalue weighted by molar-refractivity contribution is 5.69. The van der Waals surface area contributed by atoms with E-state index < -0.39 is 5.79 Å². The Labute approximate surface area is 172 Å². The maximum Gasteiger partial charge on any atom is 0.213 e. The Morgan fingerprint density at radius 1 is 1.21 bits per heavy atom. The molecule has 0 spiro atoms. The summed E-state index contributed by atoms with van der Waals surface area (Å²) < 4.78 is 19.8. The summed E-state index contributed by atoms with van der Waals surface area (Å²) in [7, 11) is 1.71. The van der Waals surface area contributed by atoms with E-state index >= 15 is 0 Å². The van der Waals surface area contributed by atoms with Crippen LogP contribution in [0.2, 0.25) is 0 Å². The molecule has 0 N–H and O–H groups in total. The quantitative estimate of drug-likeness (QED) is 0.579. The summed E-state index contributed by atoms with van der Waals surface area (Å²) >= 11 is 0. The van der Waals surface area contributed by atoms with Crippen molar-refractivity contribution in [3.63, 3.8) is 0 Å². The zero-order chi connectivity index (χ0) is 20.3. The molecule has 5 nitrogen and oxygen atoms in total. The molecule has 0 aliphatic carbocycles. The van der Waals surface area contributed by atoms with Crippen LogP contribution in [0.1, 0.15) is 31.4 Å². The molecule has 2 heterocycles. The molecule has 2 unspecified atom stereocenters. The molecule has 0 amide bonds. The molecule has 3 aromatic rings. The first-order valence-corrected chi connectivity index (χ1v) is 10.2. The van der Waals surface area contributed by atoms with Crippen molar-refractivity contribution >= 4 is 0 Å². The van der Waals surface area contributed by atoms with Crippen molar-refractivity contribution < 1.29 is 14.2 Å². The van der Waals surface area contributed by atoms with E-state index in [1.165, 1.54) is 16.7 Å². The molecule has 1 saturated heterocycles. The molecular formula is C24H28N2O3. The van der Waals surface area contributed by atoms with Gasteiger partial charge in [0.2, 0.25) is 5.79 Å². The van der Waals surface area contributed by atoms with E-state index in [9.17, 15) is 0 Å². The summed E-state index contributed by atoms with van der Waals surface area (Å²) in [6.45, 7) is 5.39. The standard InChI is InChI=1S/C24H28N2O3/c1-4-5-20-14-22(27-3)10-11-23(20)19-6-8-21(9-7-19)24(28-15-18(2)29-24)16-26-13-12-25-17-26/h6-14,17-18H,4-5,15-16H2,1-3H3. The Morgan fingerprint density at radius 2 is 2.03 bits per heavy atom. The summed E-state index contributed by atoms with van der Waals surface area (Å²) in [5, 5.41) is 0. The number of aryl methyl sites for hydroxylation is 1. The zero-order valence-electron chi connectivity index (χ0n) is 17.3. The van der Waals surface area contributed by atoms with Crippen molar-refractivity contribution in [1.29, 1.82) is 0 Å². The van der Waals surface area contributed by atoms with Gasteiger partial charge in [-0.15, -0.1) is 0 Å². The van der Waals surface area contributed by atoms with Gasteiger partial charge in [0.05, 0.1) is 32.7 Å². The van der Waals surface area contributed by atoms with Crippen molar-refractivity contribution in [3.05, 3.63) is 72.3 Å². The maximum absolute atomic E-state index is 6.26. The summed E-state index contributed by atoms with van der Waals surface area (Å²) in [4.78, 5) is 4.14. The van der Waals surface area contributed by atoms with Gasteiger partial charge in [0.1, 0.15) is 5.75 Å². The minimum atomic E-state index is -0.787. The minimum Gasteiger partial charge on any atom is -0.497 e. The van der Waals surface area contributed by atoms with Crippen molar-refractivity contribution in [2.75, 3.05) is 13.7 Å². The summed E-state index contributed by atoms with van der Waals surface area (Å²) in [5.74, 6) is 0.111. The fourth-order valence-electron chi connectivity index (χ4n) is 3.95. The monoisotopic (exact) mass is 392 g/mol. The molecule has 0 bridgehead atoms. The highest BCUT2D eigenvalue weighted by atomic mass is 16.7. The van der Waals surface area contributed by atoms with E-state index in [1.807, 2.05) is 23.8 Å². The lowest BCUT2D eigenvalue weighted by atomic mass is 9.94. The number of hydrogen-bond acceptors (Lipinski definition) is 4. The average molecular weight is 392 g/mol. The largest absolute Gasteiger partial charge is 0.497 e. The van der Waals surface area contributed by atoms with Crippen molar-refractivity contribution in [2.24, 2.45) is 0 Å². The Hall–Kier alpha value is -2.63. The topological polar surface area (TPSA) is 45.5 Å². The van der Waals surface area contributed by atoms with Crippen LogP contribution in [0.25, 0.3) is 11.1 Å². The Bertz CT molecular complexity index is 937. The van der Waals surface area contributed by atoms with Gasteiger partial charge in [-0.1, -0.05) is 43.7 Å². The van der Waals surface area contributed by atoms with E-state index in [1.54, 1.807) is 19.6 Å². The molecule has 0 radical (unpaired) electrons. The average Bonchev–Trinajstić information content (AvgIpc) is 3.39. The van der Waals surface area contributed by atoms with Crippen LogP contribution in [0.5, 0.6) is 5.75 Å². The third-order valence-corrected chi connectivity index (χ3v) is 5.36. The third kappa shape index (κ3) is 4.07. The summed E-state index contributed by atoms with van der Waals surface area (Å²) in [6, 6.07) is 14.8. The van der Waals surface area contributed by atoms with Crippen LogP contribution in [0.3, 0.4) is 0 Å². The fourth-order valence-corrected chi connectivity index (χ4v) is 3.95. The normalized spacial score (nSPS) is 21.4. The van der Waals surface area contributed by atoms with Gasteiger partial charge in [-0.25, -0.2) is 4.98 Å². The molecule has 2 aromatic carbocycles. The van der Waals surface area contributed by atoms with Gasteiger partial charge < -0.3 is 18.8 Å². The van der Waals surface area contributed by atoms with E-state index in [-0.39, 0.29) is 6.10 Å². The number of rotatable bonds is 7. The number of imidazole rings is 1. The van der Waals surface area contributed by atoms with Crippen LogP contribution in [-0.4, -0.2) is 29.4 Å². The van der Waals surface area contributed by atoms with Gasteiger partial charge in [0.15, 0.2) is 0 Å².